The molecule has 0 bridgehead atoms. The van der Waals surface area contributed by atoms with E-state index in [0.29, 0.717) is 11.4 Å². The minimum atomic E-state index is -1.21. The smallest absolute Gasteiger partial charge is 0.549 e. The van der Waals surface area contributed by atoms with Gasteiger partial charge in [-0.1, -0.05) is 0 Å². The number of aliphatic hydroxyl groups is 1. The molecule has 0 saturated carbocycles. The molecular weight excluding hydrogens is 207 g/mol. The zero-order valence-corrected chi connectivity index (χ0v) is 11.0. The molecule has 1 rings (SSSR count). The summed E-state index contributed by atoms with van der Waals surface area (Å²) in [5.74, 6) is -1.21. The molecule has 0 aliphatic heterocycles. The van der Waals surface area contributed by atoms with Gasteiger partial charge in [0.2, 0.25) is 0 Å². The summed E-state index contributed by atoms with van der Waals surface area (Å²) in [4.78, 5) is 18.5. The van der Waals surface area contributed by atoms with Gasteiger partial charge in [-0.25, -0.2) is 0 Å². The Bertz CT molecular complexity index is 338. The second-order valence-electron chi connectivity index (χ2n) is 3.46. The Labute approximate surface area is 110 Å². The number of carboxylic acid groups (broad SMARTS) is 1. The number of rotatable bonds is 3. The van der Waals surface area contributed by atoms with Crippen LogP contribution in [0.25, 0.3) is 0 Å². The molecule has 0 radical (unpaired) electrons. The van der Waals surface area contributed by atoms with Crippen molar-refractivity contribution in [2.24, 2.45) is 0 Å². The van der Waals surface area contributed by atoms with Crippen molar-refractivity contribution >= 4 is 5.97 Å². The maximum Gasteiger partial charge on any atom is 1.00 e. The van der Waals surface area contributed by atoms with Gasteiger partial charge >= 0.3 is 29.6 Å². The zero-order chi connectivity index (χ0) is 10.8. The summed E-state index contributed by atoms with van der Waals surface area (Å²) in [6.45, 7) is 2.77. The molecule has 0 unspecified atom stereocenters. The van der Waals surface area contributed by atoms with Crippen molar-refractivity contribution in [3.8, 4) is 0 Å². The zero-order valence-electron chi connectivity index (χ0n) is 9.02. The maximum atomic E-state index is 10.7. The van der Waals surface area contributed by atoms with Crippen molar-refractivity contribution in [3.63, 3.8) is 0 Å². The van der Waals surface area contributed by atoms with Crippen LogP contribution in [-0.2, 0) is 16.8 Å². The third kappa shape index (κ3) is 3.24. The van der Waals surface area contributed by atoms with E-state index in [9.17, 15) is 9.90 Å². The molecule has 0 saturated heterocycles. The Morgan fingerprint density at radius 2 is 2.07 bits per heavy atom. The van der Waals surface area contributed by atoms with Crippen molar-refractivity contribution in [1.29, 1.82) is 0 Å². The Kier molecular flexibility index (Phi) is 5.37. The number of nitrogens with zero attached hydrogens (tertiary/aromatic N) is 2. The van der Waals surface area contributed by atoms with E-state index in [1.54, 1.807) is 0 Å². The van der Waals surface area contributed by atoms with Gasteiger partial charge in [-0.15, -0.1) is 0 Å². The van der Waals surface area contributed by atoms with Crippen LogP contribution in [-0.4, -0.2) is 21.0 Å². The van der Waals surface area contributed by atoms with Crippen LogP contribution >= 0.6 is 0 Å². The van der Waals surface area contributed by atoms with Gasteiger partial charge in [0.25, 0.3) is 0 Å². The predicted octanol–water partition coefficient (Wildman–Crippen LogP) is -4.00. The molecule has 5 nitrogen and oxygen atoms in total. The SMILES string of the molecule is CC(C)(C(=O)[O-])c1cnc(CO)cn1.[Na+]. The van der Waals surface area contributed by atoms with Gasteiger partial charge in [0.15, 0.2) is 0 Å². The van der Waals surface area contributed by atoms with Gasteiger partial charge in [0.1, 0.15) is 0 Å². The summed E-state index contributed by atoms with van der Waals surface area (Å²) in [6, 6.07) is 0. The summed E-state index contributed by atoms with van der Waals surface area (Å²) in [7, 11) is 0. The van der Waals surface area contributed by atoms with Crippen molar-refractivity contribution in [1.82, 2.24) is 9.97 Å². The van der Waals surface area contributed by atoms with Crippen LogP contribution in [0.5, 0.6) is 0 Å². The molecule has 0 aliphatic rings. The standard InChI is InChI=1S/C9H12N2O3.Na/c1-9(2,8(13)14)7-4-10-6(5-12)3-11-7;/h3-4,12H,5H2,1-2H3,(H,13,14);/q;+1/p-1. The Balaban J connectivity index is 0.00000196. The number of hydrogen-bond donors (Lipinski definition) is 1. The minimum absolute atomic E-state index is 0. The number of aromatic nitrogens is 2. The molecule has 15 heavy (non-hydrogen) atoms. The predicted molar refractivity (Wildman–Crippen MR) is 46.0 cm³/mol. The van der Waals surface area contributed by atoms with Gasteiger partial charge in [-0.2, -0.15) is 0 Å². The van der Waals surface area contributed by atoms with Gasteiger partial charge in [0, 0.05) is 11.6 Å². The fourth-order valence-electron chi connectivity index (χ4n) is 0.864. The average Bonchev–Trinajstić information content (AvgIpc) is 2.17. The summed E-state index contributed by atoms with van der Waals surface area (Å²) in [5, 5.41) is 19.5. The fourth-order valence-corrected chi connectivity index (χ4v) is 0.864. The van der Waals surface area contributed by atoms with Crippen molar-refractivity contribution in [2.45, 2.75) is 25.9 Å². The molecule has 0 fully saturated rings. The van der Waals surface area contributed by atoms with Crippen LogP contribution in [0.3, 0.4) is 0 Å². The Morgan fingerprint density at radius 1 is 1.47 bits per heavy atom. The number of aliphatic hydroxyl groups excluding tert-OH is 1. The van der Waals surface area contributed by atoms with Crippen LogP contribution in [0, 0.1) is 0 Å². The van der Waals surface area contributed by atoms with Crippen LogP contribution in [0.15, 0.2) is 12.4 Å². The van der Waals surface area contributed by atoms with Crippen LogP contribution in [0.1, 0.15) is 25.2 Å². The van der Waals surface area contributed by atoms with E-state index in [1.165, 1.54) is 26.2 Å². The molecule has 6 heteroatoms. The van der Waals surface area contributed by atoms with E-state index in [-0.39, 0.29) is 36.2 Å². The third-order valence-electron chi connectivity index (χ3n) is 2.02. The summed E-state index contributed by atoms with van der Waals surface area (Å²) < 4.78 is 0. The normalized spacial score (nSPS) is 10.6. The van der Waals surface area contributed by atoms with E-state index >= 15 is 0 Å². The number of hydrogen-bond acceptors (Lipinski definition) is 5. The van der Waals surface area contributed by atoms with Crippen LogP contribution in [0.4, 0.5) is 0 Å². The molecule has 0 amide bonds. The maximum absolute atomic E-state index is 10.7. The first-order valence-electron chi connectivity index (χ1n) is 4.12. The number of carbonyl (C=O) groups excluding carboxylic acids is 1. The summed E-state index contributed by atoms with van der Waals surface area (Å²) >= 11 is 0. The Hall–Kier alpha value is -0.490. The first-order chi connectivity index (χ1) is 6.48. The summed E-state index contributed by atoms with van der Waals surface area (Å²) in [5.41, 5.74) is -0.446. The molecule has 1 N–H and O–H groups in total. The molecule has 1 heterocycles. The summed E-state index contributed by atoms with van der Waals surface area (Å²) in [6.07, 6.45) is 2.68. The molecule has 0 spiro atoms. The number of aliphatic carboxylic acids is 1. The Morgan fingerprint density at radius 3 is 2.40 bits per heavy atom. The molecule has 1 aromatic rings. The van der Waals surface area contributed by atoms with Gasteiger partial charge in [0.05, 0.1) is 30.2 Å². The van der Waals surface area contributed by atoms with E-state index in [2.05, 4.69) is 9.97 Å². The van der Waals surface area contributed by atoms with Crippen LogP contribution in [0.2, 0.25) is 0 Å². The number of carbonyl (C=O) groups is 1. The van der Waals surface area contributed by atoms with Gasteiger partial charge in [-0.05, 0) is 13.8 Å². The minimum Gasteiger partial charge on any atom is -0.549 e. The molecule has 1 aromatic heterocycles. The van der Waals surface area contributed by atoms with Crippen molar-refractivity contribution in [2.75, 3.05) is 0 Å². The largest absolute Gasteiger partial charge is 1.00 e. The molecule has 0 atom stereocenters. The van der Waals surface area contributed by atoms with E-state index in [1.807, 2.05) is 0 Å². The fraction of sp³-hybridized carbons (Fsp3) is 0.444. The second-order valence-corrected chi connectivity index (χ2v) is 3.46. The average molecular weight is 218 g/mol. The van der Waals surface area contributed by atoms with Crippen LogP contribution < -0.4 is 34.7 Å². The van der Waals surface area contributed by atoms with Crippen molar-refractivity contribution < 1.29 is 44.6 Å². The van der Waals surface area contributed by atoms with Crippen molar-refractivity contribution in [3.05, 3.63) is 23.8 Å². The quantitative estimate of drug-likeness (QED) is 0.522. The monoisotopic (exact) mass is 218 g/mol. The second kappa shape index (κ2) is 5.55. The van der Waals surface area contributed by atoms with Gasteiger partial charge in [-0.3, -0.25) is 9.97 Å². The van der Waals surface area contributed by atoms with Gasteiger partial charge < -0.3 is 15.0 Å². The van der Waals surface area contributed by atoms with E-state index < -0.39 is 11.4 Å². The molecule has 76 valence electrons. The molecular formula is C9H11N2NaO3. The van der Waals surface area contributed by atoms with E-state index in [0.717, 1.165) is 0 Å². The number of carboxylic acids is 1. The molecule has 0 aliphatic carbocycles. The first-order valence-corrected chi connectivity index (χ1v) is 4.12. The third-order valence-corrected chi connectivity index (χ3v) is 2.02. The molecule has 0 aromatic carbocycles. The topological polar surface area (TPSA) is 86.1 Å². The first kappa shape index (κ1) is 14.5. The van der Waals surface area contributed by atoms with E-state index in [4.69, 9.17) is 5.11 Å².